The fourth-order valence-electron chi connectivity index (χ4n) is 0.162. The second-order valence-electron chi connectivity index (χ2n) is 1.67. The van der Waals surface area contributed by atoms with Crippen LogP contribution in [0, 0.1) is 0 Å². The molecular formula is C6H10CdF2O4. The summed E-state index contributed by atoms with van der Waals surface area (Å²) in [6.45, 7) is -1.54. The predicted molar refractivity (Wildman–Crippen MR) is 36.5 cm³/mol. The van der Waals surface area contributed by atoms with Gasteiger partial charge in [-0.05, 0) is 0 Å². The van der Waals surface area contributed by atoms with E-state index in [0.29, 0.717) is 0 Å². The van der Waals surface area contributed by atoms with Crippen molar-refractivity contribution in [3.63, 3.8) is 0 Å². The number of rotatable bonds is 4. The van der Waals surface area contributed by atoms with Gasteiger partial charge in [0.05, 0.1) is 26.2 Å². The number of hydrogen-bond acceptors (Lipinski definition) is 2. The zero-order valence-electron chi connectivity index (χ0n) is 7.00. The van der Waals surface area contributed by atoms with E-state index in [-0.39, 0.29) is 40.1 Å². The molecule has 0 aromatic carbocycles. The first-order valence-electron chi connectivity index (χ1n) is 3.10. The smallest absolute Gasteiger partial charge is 0.305 e. The van der Waals surface area contributed by atoms with Crippen LogP contribution in [0.2, 0.25) is 0 Å². The van der Waals surface area contributed by atoms with Crippen LogP contribution in [0.25, 0.3) is 0 Å². The molecule has 0 aliphatic heterocycles. The Hall–Kier alpha value is -0.278. The predicted octanol–water partition coefficient (Wildman–Crippen LogP) is 0.859. The van der Waals surface area contributed by atoms with Gasteiger partial charge in [0.1, 0.15) is 0 Å². The zero-order chi connectivity index (χ0) is 9.98. The quantitative estimate of drug-likeness (QED) is 0.755. The van der Waals surface area contributed by atoms with Crippen molar-refractivity contribution in [2.45, 2.75) is 12.8 Å². The van der Waals surface area contributed by atoms with Gasteiger partial charge in [0.25, 0.3) is 0 Å². The molecule has 0 aromatic heterocycles. The third-order valence-electron chi connectivity index (χ3n) is 0.617. The van der Waals surface area contributed by atoms with Crippen molar-refractivity contribution in [2.24, 2.45) is 0 Å². The first-order chi connectivity index (χ1) is 5.54. The normalized spacial score (nSPS) is 7.54. The molecule has 2 N–H and O–H groups in total. The van der Waals surface area contributed by atoms with Crippen molar-refractivity contribution in [2.75, 3.05) is 13.3 Å². The number of aliphatic carboxylic acids is 2. The molecule has 0 atom stereocenters. The fraction of sp³-hybridized carbons (Fsp3) is 0.667. The summed E-state index contributed by atoms with van der Waals surface area (Å²) in [5.74, 6) is -2.17. The fourth-order valence-corrected chi connectivity index (χ4v) is 0.162. The van der Waals surface area contributed by atoms with Gasteiger partial charge in [-0.1, -0.05) is 0 Å². The summed E-state index contributed by atoms with van der Waals surface area (Å²) in [5, 5.41) is 15.3. The Morgan fingerprint density at radius 1 is 0.923 bits per heavy atom. The number of carboxylic acid groups (broad SMARTS) is 2. The molecule has 13 heavy (non-hydrogen) atoms. The maximum atomic E-state index is 10.9. The molecule has 0 rings (SSSR count). The van der Waals surface area contributed by atoms with E-state index in [0.717, 1.165) is 0 Å². The number of carboxylic acids is 2. The van der Waals surface area contributed by atoms with Gasteiger partial charge in [-0.3, -0.25) is 18.4 Å². The second kappa shape index (κ2) is 14.3. The molecule has 0 aliphatic rings. The minimum absolute atomic E-state index is 0. The van der Waals surface area contributed by atoms with Crippen LogP contribution in [0.1, 0.15) is 12.8 Å². The standard InChI is InChI=1S/2C3H5FO2.Cd/c2*4-2-1-3(5)6;/h2*1-2H2,(H,5,6);. The van der Waals surface area contributed by atoms with E-state index >= 15 is 0 Å². The Kier molecular flexibility index (Phi) is 20.3. The van der Waals surface area contributed by atoms with Crippen molar-refractivity contribution in [3.05, 3.63) is 0 Å². The van der Waals surface area contributed by atoms with Crippen molar-refractivity contribution < 1.29 is 55.9 Å². The summed E-state index contributed by atoms with van der Waals surface area (Å²) in [6.07, 6.45) is -0.750. The topological polar surface area (TPSA) is 74.6 Å². The van der Waals surface area contributed by atoms with Crippen LogP contribution < -0.4 is 0 Å². The van der Waals surface area contributed by atoms with Crippen molar-refractivity contribution in [3.8, 4) is 0 Å². The monoisotopic (exact) mass is 298 g/mol. The molecule has 7 heteroatoms. The molecule has 0 saturated carbocycles. The molecule has 0 amide bonds. The van der Waals surface area contributed by atoms with Crippen LogP contribution in [0.3, 0.4) is 0 Å². The molecule has 0 unspecified atom stereocenters. The summed E-state index contributed by atoms with van der Waals surface area (Å²) < 4.78 is 21.7. The van der Waals surface area contributed by atoms with Crippen LogP contribution in [0.5, 0.6) is 0 Å². The molecule has 0 radical (unpaired) electrons. The molecule has 0 heterocycles. The van der Waals surface area contributed by atoms with Crippen LogP contribution >= 0.6 is 0 Å². The van der Waals surface area contributed by atoms with Gasteiger partial charge in [0.2, 0.25) is 0 Å². The molecule has 0 saturated heterocycles. The molecule has 0 bridgehead atoms. The first-order valence-corrected chi connectivity index (χ1v) is 3.10. The number of hydrogen-bond donors (Lipinski definition) is 2. The van der Waals surface area contributed by atoms with E-state index in [4.69, 9.17) is 10.2 Å². The van der Waals surface area contributed by atoms with Gasteiger partial charge in [0, 0.05) is 27.3 Å². The third-order valence-corrected chi connectivity index (χ3v) is 0.617. The Morgan fingerprint density at radius 2 is 1.15 bits per heavy atom. The first kappa shape index (κ1) is 18.5. The number of alkyl halides is 2. The summed E-state index contributed by atoms with van der Waals surface area (Å²) in [7, 11) is 0. The Morgan fingerprint density at radius 3 is 1.15 bits per heavy atom. The maximum Gasteiger partial charge on any atom is 0.305 e. The molecular weight excluding hydrogens is 286 g/mol. The molecule has 0 aliphatic carbocycles. The van der Waals surface area contributed by atoms with Crippen LogP contribution in [-0.4, -0.2) is 35.5 Å². The van der Waals surface area contributed by atoms with Crippen molar-refractivity contribution in [1.82, 2.24) is 0 Å². The largest absolute Gasteiger partial charge is 0.481 e. The summed E-state index contributed by atoms with van der Waals surface area (Å²) in [4.78, 5) is 18.7. The van der Waals surface area contributed by atoms with Crippen molar-refractivity contribution in [1.29, 1.82) is 0 Å². The van der Waals surface area contributed by atoms with Crippen LogP contribution in [0.15, 0.2) is 0 Å². The average molecular weight is 297 g/mol. The van der Waals surface area contributed by atoms with Gasteiger partial charge in [-0.25, -0.2) is 0 Å². The van der Waals surface area contributed by atoms with Gasteiger partial charge in [-0.15, -0.1) is 0 Å². The van der Waals surface area contributed by atoms with Crippen molar-refractivity contribution >= 4 is 11.9 Å². The van der Waals surface area contributed by atoms with E-state index in [1.54, 1.807) is 0 Å². The van der Waals surface area contributed by atoms with Crippen LogP contribution in [0.4, 0.5) is 8.78 Å². The van der Waals surface area contributed by atoms with Gasteiger partial charge in [0.15, 0.2) is 0 Å². The summed E-state index contributed by atoms with van der Waals surface area (Å²) in [5.41, 5.74) is 0. The number of carbonyl (C=O) groups is 2. The summed E-state index contributed by atoms with van der Waals surface area (Å²) in [6, 6.07) is 0. The Bertz CT molecular complexity index is 127. The second-order valence-corrected chi connectivity index (χ2v) is 1.67. The molecule has 74 valence electrons. The molecule has 0 spiro atoms. The van der Waals surface area contributed by atoms with E-state index in [9.17, 15) is 18.4 Å². The third kappa shape index (κ3) is 33.8. The Balaban J connectivity index is -0.000000143. The summed E-state index contributed by atoms with van der Waals surface area (Å²) >= 11 is 0. The van der Waals surface area contributed by atoms with E-state index in [1.807, 2.05) is 0 Å². The van der Waals surface area contributed by atoms with Gasteiger partial charge < -0.3 is 10.2 Å². The van der Waals surface area contributed by atoms with E-state index in [2.05, 4.69) is 0 Å². The minimum Gasteiger partial charge on any atom is -0.481 e. The Labute approximate surface area is 94.1 Å². The van der Waals surface area contributed by atoms with E-state index < -0.39 is 25.3 Å². The number of halogens is 2. The average Bonchev–Trinajstić information content (AvgIpc) is 1.87. The molecule has 4 nitrogen and oxygen atoms in total. The maximum absolute atomic E-state index is 10.9. The van der Waals surface area contributed by atoms with Gasteiger partial charge >= 0.3 is 11.9 Å². The molecule has 0 aromatic rings. The SMILES string of the molecule is O=C(O)CCF.O=C(O)CCF.[Cd]. The van der Waals surface area contributed by atoms with Crippen LogP contribution in [-0.2, 0) is 36.9 Å². The van der Waals surface area contributed by atoms with Gasteiger partial charge in [-0.2, -0.15) is 0 Å². The molecule has 0 fully saturated rings. The zero-order valence-corrected chi connectivity index (χ0v) is 11.0. The van der Waals surface area contributed by atoms with E-state index in [1.165, 1.54) is 0 Å². The minimum atomic E-state index is -1.09.